The molecule has 2 nitrogen and oxygen atoms in total. The normalized spacial score (nSPS) is 10.6. The Morgan fingerprint density at radius 2 is 2.13 bits per heavy atom. The van der Waals surface area contributed by atoms with Gasteiger partial charge in [0.05, 0.1) is 11.2 Å². The lowest BCUT2D eigenvalue weighted by molar-refractivity contribution is 0.755. The second-order valence-corrected chi connectivity index (χ2v) is 4.35. The highest BCUT2D eigenvalue weighted by atomic mass is 79.9. The van der Waals surface area contributed by atoms with Crippen LogP contribution in [0.3, 0.4) is 0 Å². The van der Waals surface area contributed by atoms with E-state index in [1.165, 1.54) is 0 Å². The molecule has 0 amide bonds. The fourth-order valence-corrected chi connectivity index (χ4v) is 2.25. The lowest BCUT2D eigenvalue weighted by Gasteiger charge is -2.07. The van der Waals surface area contributed by atoms with Crippen molar-refractivity contribution >= 4 is 27.5 Å². The number of nitrogens with zero attached hydrogens (tertiary/aromatic N) is 2. The zero-order chi connectivity index (χ0) is 10.8. The van der Waals surface area contributed by atoms with E-state index in [1.807, 2.05) is 24.3 Å². The van der Waals surface area contributed by atoms with Crippen LogP contribution in [0.1, 0.15) is 6.92 Å². The Bertz CT molecular complexity index is 479. The second-order valence-electron chi connectivity index (χ2n) is 3.13. The van der Waals surface area contributed by atoms with Gasteiger partial charge in [-0.3, -0.25) is 0 Å². The standard InChI is InChI=1S/C11H10BrClN2/c1-2-15-10(12)7-14-11(15)8-5-3-4-6-9(8)13/h3-7H,2H2,1H3. The number of imidazole rings is 1. The highest BCUT2D eigenvalue weighted by Crippen LogP contribution is 2.28. The van der Waals surface area contributed by atoms with Crippen molar-refractivity contribution in [2.75, 3.05) is 0 Å². The highest BCUT2D eigenvalue weighted by Gasteiger charge is 2.10. The summed E-state index contributed by atoms with van der Waals surface area (Å²) in [5, 5.41) is 0.727. The van der Waals surface area contributed by atoms with Gasteiger partial charge in [-0.2, -0.15) is 0 Å². The Kier molecular flexibility index (Phi) is 3.12. The first-order chi connectivity index (χ1) is 7.24. The summed E-state index contributed by atoms with van der Waals surface area (Å²) in [5.74, 6) is 0.898. The molecule has 0 atom stereocenters. The third kappa shape index (κ3) is 1.94. The molecular formula is C11H10BrClN2. The molecule has 0 spiro atoms. The Morgan fingerprint density at radius 3 is 2.80 bits per heavy atom. The summed E-state index contributed by atoms with van der Waals surface area (Å²) in [6.07, 6.45) is 1.79. The Morgan fingerprint density at radius 1 is 1.40 bits per heavy atom. The van der Waals surface area contributed by atoms with Gasteiger partial charge in [0.15, 0.2) is 0 Å². The average Bonchev–Trinajstić information content (AvgIpc) is 2.60. The summed E-state index contributed by atoms with van der Waals surface area (Å²) < 4.78 is 3.04. The third-order valence-electron chi connectivity index (χ3n) is 2.24. The van der Waals surface area contributed by atoms with E-state index >= 15 is 0 Å². The van der Waals surface area contributed by atoms with Crippen LogP contribution < -0.4 is 0 Å². The molecule has 4 heteroatoms. The van der Waals surface area contributed by atoms with Crippen LogP contribution >= 0.6 is 27.5 Å². The molecule has 0 unspecified atom stereocenters. The van der Waals surface area contributed by atoms with Gasteiger partial charge in [0, 0.05) is 12.1 Å². The van der Waals surface area contributed by atoms with E-state index in [0.717, 1.165) is 27.6 Å². The van der Waals surface area contributed by atoms with Gasteiger partial charge in [0.2, 0.25) is 0 Å². The number of hydrogen-bond acceptors (Lipinski definition) is 1. The maximum Gasteiger partial charge on any atom is 0.142 e. The molecule has 0 N–H and O–H groups in total. The van der Waals surface area contributed by atoms with Gasteiger partial charge >= 0.3 is 0 Å². The van der Waals surface area contributed by atoms with Crippen LogP contribution in [-0.4, -0.2) is 9.55 Å². The fraction of sp³-hybridized carbons (Fsp3) is 0.182. The lowest BCUT2D eigenvalue weighted by Crippen LogP contribution is -1.98. The van der Waals surface area contributed by atoms with Gasteiger partial charge in [-0.25, -0.2) is 4.98 Å². The molecule has 0 bridgehead atoms. The Hall–Kier alpha value is -0.800. The zero-order valence-electron chi connectivity index (χ0n) is 8.24. The summed E-state index contributed by atoms with van der Waals surface area (Å²) in [4.78, 5) is 4.35. The molecule has 0 saturated carbocycles. The molecule has 0 saturated heterocycles. The lowest BCUT2D eigenvalue weighted by atomic mass is 10.2. The van der Waals surface area contributed by atoms with Gasteiger partial charge in [0.25, 0.3) is 0 Å². The topological polar surface area (TPSA) is 17.8 Å². The number of halogens is 2. The van der Waals surface area contributed by atoms with Crippen LogP contribution in [-0.2, 0) is 6.54 Å². The van der Waals surface area contributed by atoms with Crippen molar-refractivity contribution in [3.63, 3.8) is 0 Å². The molecule has 0 fully saturated rings. The van der Waals surface area contributed by atoms with Crippen molar-refractivity contribution in [3.05, 3.63) is 40.1 Å². The van der Waals surface area contributed by atoms with Gasteiger partial charge in [-0.1, -0.05) is 23.7 Å². The van der Waals surface area contributed by atoms with Crippen molar-refractivity contribution in [3.8, 4) is 11.4 Å². The molecule has 1 aromatic carbocycles. The highest BCUT2D eigenvalue weighted by molar-refractivity contribution is 9.10. The van der Waals surface area contributed by atoms with Crippen LogP contribution in [0.25, 0.3) is 11.4 Å². The van der Waals surface area contributed by atoms with Gasteiger partial charge < -0.3 is 4.57 Å². The summed E-state index contributed by atoms with van der Waals surface area (Å²) >= 11 is 9.58. The number of rotatable bonds is 2. The summed E-state index contributed by atoms with van der Waals surface area (Å²) in [6, 6.07) is 7.73. The van der Waals surface area contributed by atoms with Crippen LogP contribution in [0.15, 0.2) is 35.1 Å². The second kappa shape index (κ2) is 4.37. The van der Waals surface area contributed by atoms with E-state index in [4.69, 9.17) is 11.6 Å². The minimum atomic E-state index is 0.727. The average molecular weight is 286 g/mol. The monoisotopic (exact) mass is 284 g/mol. The number of aromatic nitrogens is 2. The molecule has 78 valence electrons. The van der Waals surface area contributed by atoms with Crippen LogP contribution in [0.4, 0.5) is 0 Å². The number of benzene rings is 1. The molecule has 0 radical (unpaired) electrons. The molecule has 0 aliphatic carbocycles. The first-order valence-electron chi connectivity index (χ1n) is 4.70. The molecule has 15 heavy (non-hydrogen) atoms. The molecule has 1 heterocycles. The predicted molar refractivity (Wildman–Crippen MR) is 66.0 cm³/mol. The van der Waals surface area contributed by atoms with Crippen molar-refractivity contribution in [1.29, 1.82) is 0 Å². The number of hydrogen-bond donors (Lipinski definition) is 0. The smallest absolute Gasteiger partial charge is 0.142 e. The zero-order valence-corrected chi connectivity index (χ0v) is 10.6. The van der Waals surface area contributed by atoms with Crippen LogP contribution in [0.2, 0.25) is 5.02 Å². The van der Waals surface area contributed by atoms with E-state index in [1.54, 1.807) is 6.20 Å². The third-order valence-corrected chi connectivity index (χ3v) is 3.20. The maximum atomic E-state index is 6.13. The van der Waals surface area contributed by atoms with Crippen molar-refractivity contribution < 1.29 is 0 Å². The SMILES string of the molecule is CCn1c(Br)cnc1-c1ccccc1Cl. The molecule has 2 rings (SSSR count). The Balaban J connectivity index is 2.59. The molecule has 2 aromatic rings. The van der Waals surface area contributed by atoms with Crippen molar-refractivity contribution in [2.45, 2.75) is 13.5 Å². The van der Waals surface area contributed by atoms with E-state index in [9.17, 15) is 0 Å². The van der Waals surface area contributed by atoms with E-state index in [-0.39, 0.29) is 0 Å². The van der Waals surface area contributed by atoms with E-state index in [2.05, 4.69) is 32.4 Å². The molecule has 1 aromatic heterocycles. The van der Waals surface area contributed by atoms with Crippen LogP contribution in [0, 0.1) is 0 Å². The maximum absolute atomic E-state index is 6.13. The largest absolute Gasteiger partial charge is 0.319 e. The molecule has 0 aliphatic rings. The first kappa shape index (κ1) is 10.7. The molecular weight excluding hydrogens is 275 g/mol. The minimum absolute atomic E-state index is 0.727. The van der Waals surface area contributed by atoms with E-state index in [0.29, 0.717) is 0 Å². The summed E-state index contributed by atoms with van der Waals surface area (Å²) in [5.41, 5.74) is 0.965. The predicted octanol–water partition coefficient (Wildman–Crippen LogP) is 3.99. The van der Waals surface area contributed by atoms with Crippen molar-refractivity contribution in [2.24, 2.45) is 0 Å². The van der Waals surface area contributed by atoms with Gasteiger partial charge in [-0.05, 0) is 35.0 Å². The quantitative estimate of drug-likeness (QED) is 0.816. The first-order valence-corrected chi connectivity index (χ1v) is 5.87. The summed E-state index contributed by atoms with van der Waals surface area (Å²) in [7, 11) is 0. The Labute approximate surface area is 102 Å². The van der Waals surface area contributed by atoms with Crippen LogP contribution in [0.5, 0.6) is 0 Å². The molecule has 0 aliphatic heterocycles. The summed E-state index contributed by atoms with van der Waals surface area (Å²) in [6.45, 7) is 2.94. The van der Waals surface area contributed by atoms with E-state index < -0.39 is 0 Å². The minimum Gasteiger partial charge on any atom is -0.319 e. The van der Waals surface area contributed by atoms with Gasteiger partial charge in [0.1, 0.15) is 10.4 Å². The fourth-order valence-electron chi connectivity index (χ4n) is 1.51. The van der Waals surface area contributed by atoms with Gasteiger partial charge in [-0.15, -0.1) is 0 Å². The van der Waals surface area contributed by atoms with Crippen molar-refractivity contribution in [1.82, 2.24) is 9.55 Å².